The molecule has 132 valence electrons. The third-order valence-corrected chi connectivity index (χ3v) is 3.91. The van der Waals surface area contributed by atoms with Crippen LogP contribution in [0.25, 0.3) is 0 Å². The number of rotatable bonds is 5. The standard InChI is InChI=1S/C16H16ClN3O4S/c1-10(21)18-12-4-6-13(7-5-12)19-16(22)11-3-8-14(17)15(9-11)20-25(2,23)24/h3-9,20H,1-2H3,(H,18,21)(H,19,22). The van der Waals surface area contributed by atoms with Gasteiger partial charge in [-0.2, -0.15) is 0 Å². The summed E-state index contributed by atoms with van der Waals surface area (Å²) in [5.41, 5.74) is 1.49. The van der Waals surface area contributed by atoms with Crippen molar-refractivity contribution in [2.24, 2.45) is 0 Å². The van der Waals surface area contributed by atoms with Crippen molar-refractivity contribution in [2.75, 3.05) is 21.6 Å². The van der Waals surface area contributed by atoms with Crippen molar-refractivity contribution in [3.05, 3.63) is 53.1 Å². The average molecular weight is 382 g/mol. The minimum atomic E-state index is -3.52. The number of anilines is 3. The van der Waals surface area contributed by atoms with Gasteiger partial charge in [0.1, 0.15) is 0 Å². The number of nitrogens with one attached hydrogen (secondary N) is 3. The van der Waals surface area contributed by atoms with Crippen LogP contribution in [-0.2, 0) is 14.8 Å². The second-order valence-electron chi connectivity index (χ2n) is 5.28. The molecule has 0 aliphatic rings. The first kappa shape index (κ1) is 18.8. The fourth-order valence-electron chi connectivity index (χ4n) is 1.99. The molecule has 2 aromatic rings. The Morgan fingerprint density at radius 1 is 0.960 bits per heavy atom. The summed E-state index contributed by atoms with van der Waals surface area (Å²) in [6, 6.07) is 10.8. The lowest BCUT2D eigenvalue weighted by Gasteiger charge is -2.10. The van der Waals surface area contributed by atoms with Crippen LogP contribution >= 0.6 is 11.6 Å². The first-order valence-corrected chi connectivity index (χ1v) is 9.37. The highest BCUT2D eigenvalue weighted by Crippen LogP contribution is 2.24. The smallest absolute Gasteiger partial charge is 0.255 e. The second kappa shape index (κ2) is 7.54. The van der Waals surface area contributed by atoms with Gasteiger partial charge in [-0.05, 0) is 42.5 Å². The Kier molecular flexibility index (Phi) is 5.66. The van der Waals surface area contributed by atoms with E-state index < -0.39 is 15.9 Å². The van der Waals surface area contributed by atoms with Crippen LogP contribution in [0, 0.1) is 0 Å². The van der Waals surface area contributed by atoms with Crippen molar-refractivity contribution in [1.29, 1.82) is 0 Å². The predicted molar refractivity (Wildman–Crippen MR) is 98.6 cm³/mol. The van der Waals surface area contributed by atoms with Crippen molar-refractivity contribution >= 4 is 50.5 Å². The maximum Gasteiger partial charge on any atom is 0.255 e. The van der Waals surface area contributed by atoms with Gasteiger partial charge >= 0.3 is 0 Å². The SMILES string of the molecule is CC(=O)Nc1ccc(NC(=O)c2ccc(Cl)c(NS(C)(=O)=O)c2)cc1. The minimum absolute atomic E-state index is 0.123. The molecule has 9 heteroatoms. The van der Waals surface area contributed by atoms with E-state index in [0.717, 1.165) is 6.26 Å². The van der Waals surface area contributed by atoms with Gasteiger partial charge in [0.05, 0.1) is 17.0 Å². The highest BCUT2D eigenvalue weighted by atomic mass is 35.5. The van der Waals surface area contributed by atoms with E-state index >= 15 is 0 Å². The third-order valence-electron chi connectivity index (χ3n) is 2.99. The van der Waals surface area contributed by atoms with Crippen LogP contribution in [0.4, 0.5) is 17.1 Å². The van der Waals surface area contributed by atoms with Gasteiger partial charge in [0.2, 0.25) is 15.9 Å². The molecule has 3 N–H and O–H groups in total. The molecule has 0 aliphatic carbocycles. The normalized spacial score (nSPS) is 10.8. The van der Waals surface area contributed by atoms with Gasteiger partial charge in [-0.25, -0.2) is 8.42 Å². The zero-order valence-corrected chi connectivity index (χ0v) is 15.0. The zero-order chi connectivity index (χ0) is 18.6. The summed E-state index contributed by atoms with van der Waals surface area (Å²) in [5, 5.41) is 5.48. The summed E-state index contributed by atoms with van der Waals surface area (Å²) in [5.74, 6) is -0.621. The molecule has 0 fully saturated rings. The zero-order valence-electron chi connectivity index (χ0n) is 13.5. The largest absolute Gasteiger partial charge is 0.326 e. The molecule has 0 saturated carbocycles. The lowest BCUT2D eigenvalue weighted by atomic mass is 10.2. The molecule has 0 saturated heterocycles. The highest BCUT2D eigenvalue weighted by Gasteiger charge is 2.12. The average Bonchev–Trinajstić information content (AvgIpc) is 2.49. The Morgan fingerprint density at radius 3 is 2.04 bits per heavy atom. The maximum atomic E-state index is 12.3. The Labute approximate surface area is 150 Å². The third kappa shape index (κ3) is 5.77. The molecule has 2 rings (SSSR count). The summed E-state index contributed by atoms with van der Waals surface area (Å²) in [6.07, 6.45) is 0.993. The molecule has 0 spiro atoms. The van der Waals surface area contributed by atoms with Crippen LogP contribution in [-0.4, -0.2) is 26.5 Å². The lowest BCUT2D eigenvalue weighted by Crippen LogP contribution is -2.14. The number of hydrogen-bond donors (Lipinski definition) is 3. The quantitative estimate of drug-likeness (QED) is 0.740. The van der Waals surface area contributed by atoms with E-state index in [0.29, 0.717) is 11.4 Å². The van der Waals surface area contributed by atoms with E-state index in [-0.39, 0.29) is 22.2 Å². The number of hydrogen-bond acceptors (Lipinski definition) is 4. The molecule has 2 aromatic carbocycles. The molecule has 0 atom stereocenters. The minimum Gasteiger partial charge on any atom is -0.326 e. The summed E-state index contributed by atoms with van der Waals surface area (Å²) < 4.78 is 24.9. The number of benzene rings is 2. The van der Waals surface area contributed by atoms with Crippen LogP contribution in [0.2, 0.25) is 5.02 Å². The topological polar surface area (TPSA) is 104 Å². The fourth-order valence-corrected chi connectivity index (χ4v) is 2.78. The number of halogens is 1. The van der Waals surface area contributed by atoms with Crippen LogP contribution in [0.3, 0.4) is 0 Å². The number of amides is 2. The molecule has 7 nitrogen and oxygen atoms in total. The van der Waals surface area contributed by atoms with Crippen molar-refractivity contribution in [3.8, 4) is 0 Å². The van der Waals surface area contributed by atoms with Gasteiger partial charge in [-0.1, -0.05) is 11.6 Å². The molecule has 0 aliphatic heterocycles. The molecule has 0 bridgehead atoms. The van der Waals surface area contributed by atoms with E-state index in [1.807, 2.05) is 0 Å². The first-order chi connectivity index (χ1) is 11.6. The van der Waals surface area contributed by atoms with Gasteiger partial charge < -0.3 is 10.6 Å². The van der Waals surface area contributed by atoms with E-state index in [1.165, 1.54) is 25.1 Å². The molecular weight excluding hydrogens is 366 g/mol. The maximum absolute atomic E-state index is 12.3. The predicted octanol–water partition coefficient (Wildman–Crippen LogP) is 2.92. The summed E-state index contributed by atoms with van der Waals surface area (Å²) in [7, 11) is -3.52. The van der Waals surface area contributed by atoms with E-state index in [4.69, 9.17) is 11.6 Å². The second-order valence-corrected chi connectivity index (χ2v) is 7.44. The van der Waals surface area contributed by atoms with Crippen LogP contribution in [0.1, 0.15) is 17.3 Å². The van der Waals surface area contributed by atoms with Gasteiger partial charge in [0, 0.05) is 23.9 Å². The van der Waals surface area contributed by atoms with Crippen LogP contribution < -0.4 is 15.4 Å². The van der Waals surface area contributed by atoms with Gasteiger partial charge in [-0.15, -0.1) is 0 Å². The number of carbonyl (C=O) groups excluding carboxylic acids is 2. The molecule has 25 heavy (non-hydrogen) atoms. The fraction of sp³-hybridized carbons (Fsp3) is 0.125. The van der Waals surface area contributed by atoms with Crippen LogP contribution in [0.5, 0.6) is 0 Å². The van der Waals surface area contributed by atoms with Gasteiger partial charge in [0.15, 0.2) is 0 Å². The van der Waals surface area contributed by atoms with Gasteiger partial charge in [-0.3, -0.25) is 14.3 Å². The summed E-state index contributed by atoms with van der Waals surface area (Å²) in [6.45, 7) is 1.40. The van der Waals surface area contributed by atoms with Crippen molar-refractivity contribution in [2.45, 2.75) is 6.92 Å². The van der Waals surface area contributed by atoms with Crippen molar-refractivity contribution in [3.63, 3.8) is 0 Å². The molecule has 0 heterocycles. The van der Waals surface area contributed by atoms with Crippen molar-refractivity contribution in [1.82, 2.24) is 0 Å². The molecule has 0 unspecified atom stereocenters. The Balaban J connectivity index is 2.15. The Hall–Kier alpha value is -2.58. The Bertz CT molecular complexity index is 911. The van der Waals surface area contributed by atoms with E-state index in [9.17, 15) is 18.0 Å². The monoisotopic (exact) mass is 381 g/mol. The molecule has 0 aromatic heterocycles. The molecule has 2 amide bonds. The van der Waals surface area contributed by atoms with Gasteiger partial charge in [0.25, 0.3) is 5.91 Å². The molecular formula is C16H16ClN3O4S. The van der Waals surface area contributed by atoms with E-state index in [2.05, 4.69) is 15.4 Å². The van der Waals surface area contributed by atoms with Crippen molar-refractivity contribution < 1.29 is 18.0 Å². The number of carbonyl (C=O) groups is 2. The van der Waals surface area contributed by atoms with Crippen LogP contribution in [0.15, 0.2) is 42.5 Å². The Morgan fingerprint density at radius 2 is 1.52 bits per heavy atom. The summed E-state index contributed by atoms with van der Waals surface area (Å²) in [4.78, 5) is 23.3. The number of sulfonamides is 1. The lowest BCUT2D eigenvalue weighted by molar-refractivity contribution is -0.114. The highest BCUT2D eigenvalue weighted by molar-refractivity contribution is 7.92. The van der Waals surface area contributed by atoms with E-state index in [1.54, 1.807) is 24.3 Å². The first-order valence-electron chi connectivity index (χ1n) is 7.10. The molecule has 0 radical (unpaired) electrons. The summed E-state index contributed by atoms with van der Waals surface area (Å²) >= 11 is 5.93.